The third-order valence-corrected chi connectivity index (χ3v) is 18.6. The number of anilines is 2. The van der Waals surface area contributed by atoms with Gasteiger partial charge >= 0.3 is 64.9 Å². The predicted octanol–water partition coefficient (Wildman–Crippen LogP) is 20.2. The Morgan fingerprint density at radius 1 is 0.543 bits per heavy atom. The molecule has 19 heteroatoms. The molecule has 0 aliphatic heterocycles. The van der Waals surface area contributed by atoms with Crippen molar-refractivity contribution in [1.29, 1.82) is 0 Å². The van der Waals surface area contributed by atoms with Gasteiger partial charge in [-0.1, -0.05) is 170 Å². The fraction of sp³-hybridized carbons (Fsp3) is 0.129. The first-order valence-corrected chi connectivity index (χ1v) is 50.0. The van der Waals surface area contributed by atoms with Crippen LogP contribution in [-0.4, -0.2) is 47.3 Å². The number of hydrogen-bond acceptors (Lipinski definition) is 10. The first-order valence-electron chi connectivity index (χ1n) is 25.8. The molecule has 0 radical (unpaired) electrons. The quantitative estimate of drug-likeness (QED) is 0.0571. The van der Waals surface area contributed by atoms with Gasteiger partial charge in [-0.15, -0.1) is 0 Å². The van der Waals surface area contributed by atoms with Crippen molar-refractivity contribution in [3.63, 3.8) is 0 Å². The van der Waals surface area contributed by atoms with Crippen LogP contribution in [0.2, 0.25) is 26.2 Å². The topological polar surface area (TPSA) is 111 Å². The molecule has 1 amide bonds. The van der Waals surface area contributed by atoms with Crippen molar-refractivity contribution in [2.45, 2.75) is 52.9 Å². The molecule has 2 aromatic heterocycles. The average Bonchev–Trinajstić information content (AvgIpc) is 4.22. The Morgan fingerprint density at radius 3 is 1.21 bits per heavy atom. The van der Waals surface area contributed by atoms with Gasteiger partial charge in [0, 0.05) is 68.3 Å². The second-order valence-corrected chi connectivity index (χ2v) is 62.2. The van der Waals surface area contributed by atoms with E-state index in [0.29, 0.717) is 6.42 Å². The van der Waals surface area contributed by atoms with E-state index >= 15 is 0 Å². The van der Waals surface area contributed by atoms with Gasteiger partial charge in [-0.25, -0.2) is 4.74 Å². The fourth-order valence-electron chi connectivity index (χ4n) is 8.83. The summed E-state index contributed by atoms with van der Waals surface area (Å²) in [6, 6.07) is 62.1. The molecule has 0 bridgehead atoms. The molecule has 0 spiro atoms. The van der Waals surface area contributed by atoms with Crippen molar-refractivity contribution >= 4 is 187 Å². The van der Waals surface area contributed by atoms with Crippen LogP contribution in [0.25, 0.3) is 78.7 Å². The van der Waals surface area contributed by atoms with Crippen molar-refractivity contribution in [2.75, 3.05) is 4.90 Å². The Morgan fingerprint density at radius 2 is 0.889 bits per heavy atom. The predicted molar refractivity (Wildman–Crippen MR) is 383 cm³/mol. The first-order chi connectivity index (χ1) is 39.2. The van der Waals surface area contributed by atoms with Gasteiger partial charge in [0.2, 0.25) is 5.91 Å². The zero-order valence-corrected chi connectivity index (χ0v) is 60.2. The zero-order valence-electron chi connectivity index (χ0n) is 45.3. The SMILES string of the molecule is C/C=C/c1ccc(-c2ccc(-c3ccc(/C=C/N=PI)cc3)c3nsnc23)cc1.CC(=O)Cc1ccc(-c2ccc(-c3ccc(CC(=O)N(c4ccccc4)c4ccccc4)cc3)c3nsnc23)cc1.C[SiH](C)O[SiH](C)C.[I][V]([I])[I]. The van der Waals surface area contributed by atoms with Crippen molar-refractivity contribution in [2.24, 2.45) is 4.74 Å². The zero-order chi connectivity index (χ0) is 57.7. The summed E-state index contributed by atoms with van der Waals surface area (Å²) in [6.07, 6.45) is 8.70. The summed E-state index contributed by atoms with van der Waals surface area (Å²) in [5.74, 6) is 0.146. The summed E-state index contributed by atoms with van der Waals surface area (Å²) < 4.78 is 28.2. The molecule has 81 heavy (non-hydrogen) atoms. The number of nitrogens with zero attached hydrogens (tertiary/aromatic N) is 6. The van der Waals surface area contributed by atoms with E-state index in [9.17, 15) is 9.59 Å². The van der Waals surface area contributed by atoms with Gasteiger partial charge in [0.15, 0.2) is 18.1 Å². The Hall–Kier alpha value is -3.98. The van der Waals surface area contributed by atoms with Crippen LogP contribution in [0.4, 0.5) is 11.4 Å². The standard InChI is InChI=1S/C35H27N3O2S.C23H17IN3PS.C4H14OSi2.3HI.V/c1-24(39)22-25-12-16-27(17-13-25)31-20-21-32(35-34(31)36-41-37-35)28-18-14-26(15-19-28)23-33(40)38(29-8-4-2-5-9-29)30-10-6-3-7-11-30;1-2-3-16-4-8-18(9-5-16)20-12-13-21(23-22(20)26-29-27-23)19-10-6-17(7-11-19)14-15-25-28-24;1-6(2)5-7(3)4;;;;/h2-21H,22-23H2,1H3;2-15H,1H3;6-7H,1-4H3;3*1H;/q;;;;;;+3/p-3/b;3-2+,15-14+;;;;;. The number of halogens is 4. The number of ketones is 1. The third-order valence-electron chi connectivity index (χ3n) is 12.2. The van der Waals surface area contributed by atoms with Gasteiger partial charge in [0.25, 0.3) is 0 Å². The Balaban J connectivity index is 0.000000205. The molecule has 0 unspecified atom stereocenters. The van der Waals surface area contributed by atoms with E-state index in [1.807, 2.05) is 134 Å². The number of benzene rings is 8. The number of para-hydroxylation sites is 2. The number of allylic oxidation sites excluding steroid dienone is 1. The van der Waals surface area contributed by atoms with Gasteiger partial charge < -0.3 is 4.12 Å². The summed E-state index contributed by atoms with van der Waals surface area (Å²) in [5.41, 5.74) is 18.1. The van der Waals surface area contributed by atoms with Gasteiger partial charge in [-0.3, -0.25) is 14.5 Å². The molecule has 0 fully saturated rings. The third kappa shape index (κ3) is 19.5. The number of hydrogen-bond donors (Lipinski definition) is 0. The van der Waals surface area contributed by atoms with Gasteiger partial charge in [-0.2, -0.15) is 17.5 Å². The van der Waals surface area contributed by atoms with E-state index in [0.717, 1.165) is 101 Å². The number of aromatic nitrogens is 4. The maximum atomic E-state index is 13.5. The molecule has 0 N–H and O–H groups in total. The van der Waals surface area contributed by atoms with E-state index < -0.39 is 18.1 Å². The second-order valence-electron chi connectivity index (χ2n) is 18.8. The number of amides is 1. The van der Waals surface area contributed by atoms with E-state index in [4.69, 9.17) is 4.12 Å². The Bertz CT molecular complexity index is 3660. The average molecular weight is 1650 g/mol. The van der Waals surface area contributed by atoms with Crippen molar-refractivity contribution < 1.29 is 18.6 Å². The van der Waals surface area contributed by atoms with Crippen molar-refractivity contribution in [3.05, 3.63) is 217 Å². The molecule has 0 saturated heterocycles. The number of rotatable bonds is 15. The van der Waals surface area contributed by atoms with Crippen LogP contribution in [0.3, 0.4) is 0 Å². The van der Waals surface area contributed by atoms with Crippen LogP contribution in [0.5, 0.6) is 0 Å². The molecule has 9 nitrogen and oxygen atoms in total. The molecule has 0 atom stereocenters. The number of fused-ring (bicyclic) bond motifs is 2. The molecule has 2 heterocycles. The molecule has 0 saturated carbocycles. The molecular weight excluding hydrogens is 1590 g/mol. The summed E-state index contributed by atoms with van der Waals surface area (Å²) in [4.78, 5) is 26.5. The number of carbonyl (C=O) groups excluding carboxylic acids is 2. The van der Waals surface area contributed by atoms with Gasteiger partial charge in [-0.05, 0) is 115 Å². The van der Waals surface area contributed by atoms with Crippen molar-refractivity contribution in [1.82, 2.24) is 17.5 Å². The maximum absolute atomic E-state index is 13.5. The minimum atomic E-state index is -0.667. The molecule has 0 aliphatic rings. The van der Waals surface area contributed by atoms with Gasteiger partial charge in [0.05, 0.1) is 35.9 Å². The Kier molecular flexibility index (Phi) is 26.7. The van der Waals surface area contributed by atoms with Crippen molar-refractivity contribution in [3.8, 4) is 44.5 Å². The molecule has 412 valence electrons. The number of carbonyl (C=O) groups is 2. The minimum absolute atomic E-state index is 0.0000778. The van der Waals surface area contributed by atoms with E-state index in [1.54, 1.807) is 11.8 Å². The molecule has 0 aliphatic carbocycles. The second kappa shape index (κ2) is 33.5. The van der Waals surface area contributed by atoms with Crippen LogP contribution in [0.15, 0.2) is 199 Å². The fourth-order valence-corrected chi connectivity index (χ4v) is 14.9. The van der Waals surface area contributed by atoms with E-state index in [2.05, 4.69) is 209 Å². The molecule has 8 aromatic carbocycles. The van der Waals surface area contributed by atoms with Gasteiger partial charge in [0.1, 0.15) is 27.9 Å². The Labute approximate surface area is 539 Å². The molecular formula is C62H58I4N6O3PS2Si2V. The first kappa shape index (κ1) is 64.6. The molecule has 10 aromatic rings. The van der Waals surface area contributed by atoms with Crippen LogP contribution in [0.1, 0.15) is 36.1 Å². The summed E-state index contributed by atoms with van der Waals surface area (Å²) in [6.45, 7) is 12.5. The number of Topliss-reactive ketones (excluding diaryl/α,β-unsaturated/α-hetero) is 1. The monoisotopic (exact) mass is 1640 g/mol. The summed E-state index contributed by atoms with van der Waals surface area (Å²) in [5, 5.41) is 0. The normalized spacial score (nSPS) is 11.3. The van der Waals surface area contributed by atoms with Crippen LogP contribution in [0, 0.1) is 0 Å². The van der Waals surface area contributed by atoms with Crippen LogP contribution < -0.4 is 4.90 Å². The van der Waals surface area contributed by atoms with E-state index in [1.165, 1.54) is 29.0 Å². The van der Waals surface area contributed by atoms with Crippen LogP contribution >= 0.6 is 111 Å². The summed E-state index contributed by atoms with van der Waals surface area (Å²) in [7, 11) is -1.33. The van der Waals surface area contributed by atoms with Crippen LogP contribution in [-0.2, 0) is 31.5 Å². The summed E-state index contributed by atoms with van der Waals surface area (Å²) >= 11 is 12.0. The molecule has 10 rings (SSSR count). The van der Waals surface area contributed by atoms with E-state index in [-0.39, 0.29) is 23.0 Å².